The summed E-state index contributed by atoms with van der Waals surface area (Å²) in [7, 11) is 7.47. The smallest absolute Gasteiger partial charge is 0.340 e. The van der Waals surface area contributed by atoms with Crippen molar-refractivity contribution in [1.29, 1.82) is 0 Å². The highest BCUT2D eigenvalue weighted by Gasteiger charge is 2.38. The summed E-state index contributed by atoms with van der Waals surface area (Å²) in [5.74, 6) is -1.52. The lowest BCUT2D eigenvalue weighted by Gasteiger charge is -2.24. The Morgan fingerprint density at radius 3 is 2.12 bits per heavy atom. The summed E-state index contributed by atoms with van der Waals surface area (Å²) in [6, 6.07) is 13.0. The zero-order valence-electron chi connectivity index (χ0n) is 23.0. The highest BCUT2D eigenvalue weighted by Crippen LogP contribution is 2.27. The number of benzene rings is 2. The topological polar surface area (TPSA) is 145 Å². The Morgan fingerprint density at radius 1 is 0.900 bits per heavy atom. The van der Waals surface area contributed by atoms with Crippen molar-refractivity contribution in [2.75, 3.05) is 59.9 Å². The number of azo groups is 1. The number of rotatable bonds is 12. The Hall–Kier alpha value is -4.26. The highest BCUT2D eigenvalue weighted by atomic mass is 16.5. The number of nitrogens with one attached hydrogen (secondary N) is 1. The molecule has 212 valence electrons. The number of hydrazone groups is 1. The molecule has 2 N–H and O–H groups in total. The van der Waals surface area contributed by atoms with Gasteiger partial charge in [0.1, 0.15) is 18.9 Å². The summed E-state index contributed by atoms with van der Waals surface area (Å²) in [5, 5.41) is 23.6. The fraction of sp³-hybridized carbons (Fsp3) is 0.357. The van der Waals surface area contributed by atoms with E-state index >= 15 is 0 Å². The first kappa shape index (κ1) is 30.3. The van der Waals surface area contributed by atoms with Crippen LogP contribution in [0.25, 0.3) is 0 Å². The summed E-state index contributed by atoms with van der Waals surface area (Å²) in [4.78, 5) is 41.2. The van der Waals surface area contributed by atoms with Crippen LogP contribution in [0.15, 0.2) is 76.0 Å². The van der Waals surface area contributed by atoms with Crippen LogP contribution >= 0.6 is 0 Å². The van der Waals surface area contributed by atoms with Crippen molar-refractivity contribution in [2.24, 2.45) is 15.3 Å². The number of aliphatic hydroxyl groups is 1. The van der Waals surface area contributed by atoms with Gasteiger partial charge in [-0.15, -0.1) is 5.11 Å². The Balaban J connectivity index is 1.82. The third kappa shape index (κ3) is 8.63. The molecule has 12 nitrogen and oxygen atoms in total. The maximum Gasteiger partial charge on any atom is 0.340 e. The molecule has 3 rings (SSSR count). The van der Waals surface area contributed by atoms with E-state index in [1.165, 1.54) is 18.2 Å². The zero-order chi connectivity index (χ0) is 29.1. The van der Waals surface area contributed by atoms with Crippen LogP contribution in [-0.4, -0.2) is 98.6 Å². The van der Waals surface area contributed by atoms with Crippen molar-refractivity contribution < 1.29 is 29.0 Å². The van der Waals surface area contributed by atoms with Gasteiger partial charge in [0.2, 0.25) is 5.72 Å². The summed E-state index contributed by atoms with van der Waals surface area (Å²) in [5.41, 5.74) is 1.52. The molecule has 0 heterocycles. The molecule has 0 radical (unpaired) electrons. The fourth-order valence-corrected chi connectivity index (χ4v) is 3.46. The van der Waals surface area contributed by atoms with Crippen molar-refractivity contribution >= 4 is 34.8 Å². The normalized spacial score (nSPS) is 18.1. The molecule has 1 atom stereocenters. The van der Waals surface area contributed by atoms with E-state index in [0.717, 1.165) is 0 Å². The molecule has 0 aliphatic heterocycles. The number of hydrogen-bond acceptors (Lipinski definition) is 12. The van der Waals surface area contributed by atoms with Gasteiger partial charge >= 0.3 is 11.9 Å². The van der Waals surface area contributed by atoms with E-state index in [1.807, 2.05) is 38.0 Å². The third-order valence-corrected chi connectivity index (χ3v) is 5.69. The average molecular weight is 551 g/mol. The molecule has 12 heteroatoms. The van der Waals surface area contributed by atoms with Crippen molar-refractivity contribution in [3.8, 4) is 0 Å². The van der Waals surface area contributed by atoms with E-state index in [4.69, 9.17) is 9.47 Å². The Labute approximate surface area is 233 Å². The van der Waals surface area contributed by atoms with Crippen LogP contribution in [0.2, 0.25) is 0 Å². The number of likely N-dealkylation sites (N-methyl/N-ethyl adjacent to an activating group) is 2. The van der Waals surface area contributed by atoms with Crippen molar-refractivity contribution in [2.45, 2.75) is 12.1 Å². The minimum absolute atomic E-state index is 0.0160. The largest absolute Gasteiger partial charge is 0.461 e. The van der Waals surface area contributed by atoms with Gasteiger partial charge in [-0.05, 0) is 64.6 Å². The molecule has 2 aromatic carbocycles. The molecular formula is C28H34N6O6. The SMILES string of the molecule is CN(C)CCOC(=O)c1ccccc1N=NC1(O)CC(=O)C=CC1=NNc1ccccc1C(=O)OCCN(C)C. The first-order chi connectivity index (χ1) is 19.1. The second-order valence-corrected chi connectivity index (χ2v) is 9.54. The standard InChI is InChI=1S/C28H34N6O6/c1-33(2)15-17-39-26(36)21-9-5-7-11-23(21)29-31-25-14-13-20(35)19-28(25,38)32-30-24-12-8-6-10-22(24)27(37)40-18-16-34(3)4/h5-14,29,38H,15-19H2,1-4H3. The lowest BCUT2D eigenvalue weighted by Crippen LogP contribution is -2.40. The van der Waals surface area contributed by atoms with Crippen LogP contribution in [0, 0.1) is 0 Å². The number of hydrogen-bond donors (Lipinski definition) is 2. The second kappa shape index (κ2) is 14.2. The molecule has 0 aromatic heterocycles. The number of ketones is 1. The van der Waals surface area contributed by atoms with E-state index in [0.29, 0.717) is 18.8 Å². The monoisotopic (exact) mass is 550 g/mol. The number of carbonyl (C=O) groups is 3. The van der Waals surface area contributed by atoms with Crippen LogP contribution in [0.1, 0.15) is 27.1 Å². The number of allylic oxidation sites excluding steroid dienone is 1. The predicted octanol–water partition coefficient (Wildman–Crippen LogP) is 2.89. The first-order valence-corrected chi connectivity index (χ1v) is 12.6. The van der Waals surface area contributed by atoms with Crippen molar-refractivity contribution in [3.05, 3.63) is 71.8 Å². The molecule has 1 unspecified atom stereocenters. The maximum atomic E-state index is 12.6. The van der Waals surface area contributed by atoms with Gasteiger partial charge in [0.05, 0.1) is 28.9 Å². The van der Waals surface area contributed by atoms with E-state index < -0.39 is 24.1 Å². The summed E-state index contributed by atoms with van der Waals surface area (Å²) < 4.78 is 10.6. The Kier molecular flexibility index (Phi) is 10.8. The summed E-state index contributed by atoms with van der Waals surface area (Å²) in [6.45, 7) is 1.52. The fourth-order valence-electron chi connectivity index (χ4n) is 3.46. The van der Waals surface area contributed by atoms with Crippen LogP contribution in [-0.2, 0) is 14.3 Å². The van der Waals surface area contributed by atoms with Crippen LogP contribution in [0.3, 0.4) is 0 Å². The van der Waals surface area contributed by atoms with E-state index in [1.54, 1.807) is 42.5 Å². The van der Waals surface area contributed by atoms with Crippen molar-refractivity contribution in [1.82, 2.24) is 9.80 Å². The quantitative estimate of drug-likeness (QED) is 0.231. The van der Waals surface area contributed by atoms with Gasteiger partial charge in [0.15, 0.2) is 5.78 Å². The molecule has 0 saturated carbocycles. The second-order valence-electron chi connectivity index (χ2n) is 9.54. The number of nitrogens with zero attached hydrogens (tertiary/aromatic N) is 5. The molecule has 40 heavy (non-hydrogen) atoms. The minimum atomic E-state index is -2.12. The number of para-hydroxylation sites is 1. The zero-order valence-corrected chi connectivity index (χ0v) is 23.0. The molecule has 2 aromatic rings. The molecule has 1 aliphatic carbocycles. The molecule has 0 amide bonds. The van der Waals surface area contributed by atoms with E-state index in [2.05, 4.69) is 20.8 Å². The number of ether oxygens (including phenoxy) is 2. The Morgan fingerprint density at radius 2 is 1.48 bits per heavy atom. The van der Waals surface area contributed by atoms with Crippen LogP contribution in [0.4, 0.5) is 11.4 Å². The van der Waals surface area contributed by atoms with Crippen LogP contribution < -0.4 is 5.43 Å². The summed E-state index contributed by atoms with van der Waals surface area (Å²) in [6.07, 6.45) is 2.16. The number of carbonyl (C=O) groups excluding carboxylic acids is 3. The van der Waals surface area contributed by atoms with Crippen LogP contribution in [0.5, 0.6) is 0 Å². The Bertz CT molecular complexity index is 1310. The van der Waals surface area contributed by atoms with E-state index in [9.17, 15) is 19.5 Å². The average Bonchev–Trinajstić information content (AvgIpc) is 2.91. The lowest BCUT2D eigenvalue weighted by molar-refractivity contribution is -0.117. The highest BCUT2D eigenvalue weighted by molar-refractivity contribution is 6.12. The van der Waals surface area contributed by atoms with Gasteiger partial charge in [0.25, 0.3) is 0 Å². The molecule has 0 spiro atoms. The minimum Gasteiger partial charge on any atom is -0.461 e. The predicted molar refractivity (Wildman–Crippen MR) is 150 cm³/mol. The molecule has 0 fully saturated rings. The molecule has 0 saturated heterocycles. The van der Waals surface area contributed by atoms with Gasteiger partial charge in [-0.25, -0.2) is 9.59 Å². The number of esters is 2. The van der Waals surface area contributed by atoms with Gasteiger partial charge in [0, 0.05) is 13.1 Å². The third-order valence-electron chi connectivity index (χ3n) is 5.69. The first-order valence-electron chi connectivity index (χ1n) is 12.6. The lowest BCUT2D eigenvalue weighted by atomic mass is 9.95. The number of anilines is 1. The maximum absolute atomic E-state index is 12.6. The van der Waals surface area contributed by atoms with Crippen molar-refractivity contribution in [3.63, 3.8) is 0 Å². The van der Waals surface area contributed by atoms with Gasteiger partial charge in [-0.2, -0.15) is 10.2 Å². The summed E-state index contributed by atoms with van der Waals surface area (Å²) >= 11 is 0. The van der Waals surface area contributed by atoms with Gasteiger partial charge in [-0.1, -0.05) is 24.3 Å². The molecule has 1 aliphatic rings. The van der Waals surface area contributed by atoms with Gasteiger partial charge in [-0.3, -0.25) is 10.2 Å². The molecular weight excluding hydrogens is 516 g/mol. The van der Waals surface area contributed by atoms with Gasteiger partial charge < -0.3 is 24.4 Å². The molecule has 0 bridgehead atoms. The van der Waals surface area contributed by atoms with E-state index in [-0.39, 0.29) is 41.5 Å².